The summed E-state index contributed by atoms with van der Waals surface area (Å²) in [5.74, 6) is -1.80. The molecule has 1 aromatic rings. The lowest BCUT2D eigenvalue weighted by Crippen LogP contribution is -2.26. The highest BCUT2D eigenvalue weighted by Crippen LogP contribution is 2.26. The van der Waals surface area contributed by atoms with Crippen molar-refractivity contribution in [3.63, 3.8) is 0 Å². The van der Waals surface area contributed by atoms with Crippen molar-refractivity contribution < 1.29 is 28.9 Å². The van der Waals surface area contributed by atoms with Crippen molar-refractivity contribution in [3.8, 4) is 11.5 Å². The fourth-order valence-electron chi connectivity index (χ4n) is 1.96. The summed E-state index contributed by atoms with van der Waals surface area (Å²) in [6.45, 7) is 1.80. The van der Waals surface area contributed by atoms with Crippen molar-refractivity contribution >= 4 is 11.9 Å². The predicted octanol–water partition coefficient (Wildman–Crippen LogP) is 1.90. The van der Waals surface area contributed by atoms with Crippen LogP contribution in [0.25, 0.3) is 0 Å². The zero-order valence-electron chi connectivity index (χ0n) is 12.4. The Morgan fingerprint density at radius 1 is 1.24 bits per heavy atom. The number of carbonyl (C=O) groups excluding carboxylic acids is 1. The number of hydrogen-bond acceptors (Lipinski definition) is 5. The Bertz CT molecular complexity index is 497. The molecule has 0 spiro atoms. The van der Waals surface area contributed by atoms with E-state index in [0.717, 1.165) is 5.56 Å². The van der Waals surface area contributed by atoms with Gasteiger partial charge in [-0.2, -0.15) is 0 Å². The third kappa shape index (κ3) is 4.66. The second-order valence-corrected chi connectivity index (χ2v) is 4.36. The first kappa shape index (κ1) is 16.8. The molecule has 21 heavy (non-hydrogen) atoms. The van der Waals surface area contributed by atoms with E-state index in [2.05, 4.69) is 0 Å². The summed E-state index contributed by atoms with van der Waals surface area (Å²) >= 11 is 0. The van der Waals surface area contributed by atoms with Gasteiger partial charge in [0, 0.05) is 0 Å². The van der Waals surface area contributed by atoms with Crippen molar-refractivity contribution in [2.45, 2.75) is 19.8 Å². The standard InChI is InChI=1S/C15H20O6/c1-4-21-15(18)12(14(16)17)7-5-10-9-11(19-2)6-8-13(10)20-3/h6,8-9,12H,4-5,7H2,1-3H3,(H,16,17). The quantitative estimate of drug-likeness (QED) is 0.583. The van der Waals surface area contributed by atoms with Crippen LogP contribution in [0, 0.1) is 5.92 Å². The van der Waals surface area contributed by atoms with Gasteiger partial charge in [0.2, 0.25) is 0 Å². The van der Waals surface area contributed by atoms with Gasteiger partial charge < -0.3 is 19.3 Å². The molecule has 1 aromatic carbocycles. The van der Waals surface area contributed by atoms with Crippen LogP contribution in [0.2, 0.25) is 0 Å². The Morgan fingerprint density at radius 3 is 2.48 bits per heavy atom. The Balaban J connectivity index is 2.84. The largest absolute Gasteiger partial charge is 0.497 e. The molecular weight excluding hydrogens is 276 g/mol. The van der Waals surface area contributed by atoms with Gasteiger partial charge in [-0.15, -0.1) is 0 Å². The zero-order chi connectivity index (χ0) is 15.8. The molecule has 0 fully saturated rings. The van der Waals surface area contributed by atoms with E-state index in [4.69, 9.17) is 19.3 Å². The molecule has 0 aliphatic carbocycles. The Kier molecular flexibility index (Phi) is 6.52. The van der Waals surface area contributed by atoms with E-state index in [1.807, 2.05) is 0 Å². The summed E-state index contributed by atoms with van der Waals surface area (Å²) in [6, 6.07) is 5.26. The summed E-state index contributed by atoms with van der Waals surface area (Å²) in [5, 5.41) is 9.12. The fourth-order valence-corrected chi connectivity index (χ4v) is 1.96. The maximum atomic E-state index is 11.6. The molecule has 0 radical (unpaired) electrons. The van der Waals surface area contributed by atoms with Gasteiger partial charge in [-0.05, 0) is 43.5 Å². The summed E-state index contributed by atoms with van der Waals surface area (Å²) in [6.07, 6.45) is 0.508. The van der Waals surface area contributed by atoms with E-state index in [9.17, 15) is 9.59 Å². The molecule has 0 heterocycles. The summed E-state index contributed by atoms with van der Waals surface area (Å²) < 4.78 is 15.1. The van der Waals surface area contributed by atoms with Gasteiger partial charge in [-0.1, -0.05) is 0 Å². The lowest BCUT2D eigenvalue weighted by Gasteiger charge is -2.13. The molecule has 6 nitrogen and oxygen atoms in total. The number of carboxylic acids is 1. The van der Waals surface area contributed by atoms with E-state index in [-0.39, 0.29) is 13.0 Å². The molecule has 0 aliphatic heterocycles. The molecule has 1 atom stereocenters. The zero-order valence-corrected chi connectivity index (χ0v) is 12.4. The van der Waals surface area contributed by atoms with Crippen LogP contribution in [0.15, 0.2) is 18.2 Å². The Morgan fingerprint density at radius 2 is 1.95 bits per heavy atom. The first-order valence-corrected chi connectivity index (χ1v) is 6.63. The highest BCUT2D eigenvalue weighted by molar-refractivity contribution is 5.93. The number of methoxy groups -OCH3 is 2. The molecule has 0 aliphatic rings. The molecule has 1 unspecified atom stereocenters. The second-order valence-electron chi connectivity index (χ2n) is 4.36. The summed E-state index contributed by atoms with van der Waals surface area (Å²) in [5.41, 5.74) is 0.785. The molecule has 0 aromatic heterocycles. The molecule has 1 rings (SSSR count). The topological polar surface area (TPSA) is 82.1 Å². The van der Waals surface area contributed by atoms with Gasteiger partial charge in [-0.3, -0.25) is 9.59 Å². The van der Waals surface area contributed by atoms with Crippen LogP contribution < -0.4 is 9.47 Å². The third-order valence-electron chi connectivity index (χ3n) is 3.06. The van der Waals surface area contributed by atoms with Crippen molar-refractivity contribution in [2.75, 3.05) is 20.8 Å². The number of ether oxygens (including phenoxy) is 3. The smallest absolute Gasteiger partial charge is 0.320 e. The van der Waals surface area contributed by atoms with E-state index in [1.54, 1.807) is 32.2 Å². The molecule has 0 saturated carbocycles. The van der Waals surface area contributed by atoms with E-state index in [0.29, 0.717) is 17.9 Å². The average Bonchev–Trinajstić information content (AvgIpc) is 2.47. The van der Waals surface area contributed by atoms with Crippen molar-refractivity contribution in [3.05, 3.63) is 23.8 Å². The molecule has 6 heteroatoms. The van der Waals surface area contributed by atoms with Crippen molar-refractivity contribution in [2.24, 2.45) is 5.92 Å². The highest BCUT2D eigenvalue weighted by Gasteiger charge is 2.27. The van der Waals surface area contributed by atoms with Gasteiger partial charge in [0.1, 0.15) is 11.5 Å². The predicted molar refractivity (Wildman–Crippen MR) is 75.6 cm³/mol. The molecular formula is C15H20O6. The highest BCUT2D eigenvalue weighted by atomic mass is 16.5. The normalized spacial score (nSPS) is 11.6. The number of esters is 1. The van der Waals surface area contributed by atoms with Crippen LogP contribution in [0.3, 0.4) is 0 Å². The van der Waals surface area contributed by atoms with Crippen LogP contribution in [-0.2, 0) is 20.7 Å². The Labute approximate surface area is 123 Å². The second kappa shape index (κ2) is 8.14. The molecule has 116 valence electrons. The minimum atomic E-state index is -1.18. The maximum Gasteiger partial charge on any atom is 0.320 e. The van der Waals surface area contributed by atoms with E-state index >= 15 is 0 Å². The van der Waals surface area contributed by atoms with Gasteiger partial charge in [0.05, 0.1) is 20.8 Å². The molecule has 0 bridgehead atoms. The third-order valence-corrected chi connectivity index (χ3v) is 3.06. The fraction of sp³-hybridized carbons (Fsp3) is 0.467. The van der Waals surface area contributed by atoms with Crippen LogP contribution in [0.4, 0.5) is 0 Å². The number of carboxylic acid groups (broad SMARTS) is 1. The van der Waals surface area contributed by atoms with Crippen LogP contribution in [0.1, 0.15) is 18.9 Å². The molecule has 0 amide bonds. The van der Waals surface area contributed by atoms with Crippen LogP contribution in [-0.4, -0.2) is 37.9 Å². The van der Waals surface area contributed by atoms with Gasteiger partial charge >= 0.3 is 11.9 Å². The number of rotatable bonds is 8. The first-order chi connectivity index (χ1) is 10.0. The van der Waals surface area contributed by atoms with Crippen molar-refractivity contribution in [1.29, 1.82) is 0 Å². The summed E-state index contributed by atoms with van der Waals surface area (Å²) in [7, 11) is 3.08. The van der Waals surface area contributed by atoms with Gasteiger partial charge in [0.25, 0.3) is 0 Å². The molecule has 0 saturated heterocycles. The number of hydrogen-bond donors (Lipinski definition) is 1. The summed E-state index contributed by atoms with van der Waals surface area (Å²) in [4.78, 5) is 22.8. The number of aryl methyl sites for hydroxylation is 1. The van der Waals surface area contributed by atoms with Gasteiger partial charge in [-0.25, -0.2) is 0 Å². The molecule has 1 N–H and O–H groups in total. The lowest BCUT2D eigenvalue weighted by atomic mass is 9.99. The average molecular weight is 296 g/mol. The maximum absolute atomic E-state index is 11.6. The lowest BCUT2D eigenvalue weighted by molar-refractivity contribution is -0.158. The number of benzene rings is 1. The SMILES string of the molecule is CCOC(=O)C(CCc1cc(OC)ccc1OC)C(=O)O. The minimum absolute atomic E-state index is 0.137. The number of carbonyl (C=O) groups is 2. The Hall–Kier alpha value is -2.24. The van der Waals surface area contributed by atoms with E-state index in [1.165, 1.54) is 7.11 Å². The van der Waals surface area contributed by atoms with Crippen LogP contribution >= 0.6 is 0 Å². The number of aliphatic carboxylic acids is 1. The monoisotopic (exact) mass is 296 g/mol. The van der Waals surface area contributed by atoms with Crippen LogP contribution in [0.5, 0.6) is 11.5 Å². The van der Waals surface area contributed by atoms with Crippen molar-refractivity contribution in [1.82, 2.24) is 0 Å². The first-order valence-electron chi connectivity index (χ1n) is 6.63. The van der Waals surface area contributed by atoms with Gasteiger partial charge in [0.15, 0.2) is 5.92 Å². The van der Waals surface area contributed by atoms with E-state index < -0.39 is 17.9 Å². The minimum Gasteiger partial charge on any atom is -0.497 e.